The van der Waals surface area contributed by atoms with Crippen LogP contribution in [0.4, 0.5) is 11.5 Å². The molecule has 2 rings (SSSR count). The van der Waals surface area contributed by atoms with Crippen LogP contribution in [0.2, 0.25) is 5.02 Å². The fourth-order valence-corrected chi connectivity index (χ4v) is 2.14. The first-order chi connectivity index (χ1) is 11.0. The highest BCUT2D eigenvalue weighted by atomic mass is 35.5. The number of carbonyl (C=O) groups is 1. The van der Waals surface area contributed by atoms with E-state index in [9.17, 15) is 4.79 Å². The van der Waals surface area contributed by atoms with Crippen LogP contribution < -0.4 is 20.5 Å². The van der Waals surface area contributed by atoms with Crippen LogP contribution in [-0.2, 0) is 0 Å². The van der Waals surface area contributed by atoms with Crippen molar-refractivity contribution in [3.05, 3.63) is 41.0 Å². The maximum atomic E-state index is 12.3. The van der Waals surface area contributed by atoms with Crippen molar-refractivity contribution in [2.75, 3.05) is 24.8 Å². The zero-order chi connectivity index (χ0) is 16.8. The highest BCUT2D eigenvalue weighted by Crippen LogP contribution is 2.36. The monoisotopic (exact) mass is 335 g/mol. The van der Waals surface area contributed by atoms with Crippen LogP contribution in [0.1, 0.15) is 23.7 Å². The molecule has 0 saturated heterocycles. The molecule has 0 aliphatic heterocycles. The average molecular weight is 336 g/mol. The Bertz CT molecular complexity index is 690. The van der Waals surface area contributed by atoms with E-state index >= 15 is 0 Å². The fourth-order valence-electron chi connectivity index (χ4n) is 1.88. The Morgan fingerprint density at radius 1 is 1.39 bits per heavy atom. The van der Waals surface area contributed by atoms with E-state index in [0.717, 1.165) is 6.42 Å². The third-order valence-corrected chi connectivity index (χ3v) is 3.27. The molecule has 6 nitrogen and oxygen atoms in total. The lowest BCUT2D eigenvalue weighted by molar-refractivity contribution is 0.102. The van der Waals surface area contributed by atoms with E-state index in [0.29, 0.717) is 40.2 Å². The van der Waals surface area contributed by atoms with E-state index in [2.05, 4.69) is 10.3 Å². The minimum atomic E-state index is -0.334. The Morgan fingerprint density at radius 3 is 2.78 bits per heavy atom. The number of ether oxygens (including phenoxy) is 2. The van der Waals surface area contributed by atoms with Gasteiger partial charge in [-0.25, -0.2) is 4.98 Å². The first-order valence-corrected chi connectivity index (χ1v) is 7.46. The second-order valence-corrected chi connectivity index (χ2v) is 5.17. The Morgan fingerprint density at radius 2 is 2.17 bits per heavy atom. The number of benzene rings is 1. The van der Waals surface area contributed by atoms with Crippen LogP contribution >= 0.6 is 11.6 Å². The molecule has 2 aromatic rings. The normalized spacial score (nSPS) is 10.2. The van der Waals surface area contributed by atoms with Crippen LogP contribution in [0, 0.1) is 0 Å². The van der Waals surface area contributed by atoms with Gasteiger partial charge >= 0.3 is 0 Å². The van der Waals surface area contributed by atoms with Gasteiger partial charge in [0.25, 0.3) is 5.91 Å². The number of nitrogens with one attached hydrogen (secondary N) is 1. The number of nitrogen functional groups attached to an aromatic ring is 1. The van der Waals surface area contributed by atoms with Crippen molar-refractivity contribution in [2.24, 2.45) is 0 Å². The summed E-state index contributed by atoms with van der Waals surface area (Å²) in [6.45, 7) is 2.50. The molecule has 3 N–H and O–H groups in total. The maximum Gasteiger partial charge on any atom is 0.255 e. The van der Waals surface area contributed by atoms with Crippen molar-refractivity contribution in [1.82, 2.24) is 4.98 Å². The summed E-state index contributed by atoms with van der Waals surface area (Å²) in [4.78, 5) is 16.2. The van der Waals surface area contributed by atoms with Crippen LogP contribution in [0.25, 0.3) is 0 Å². The molecule has 1 aromatic heterocycles. The number of aromatic nitrogens is 1. The van der Waals surface area contributed by atoms with Gasteiger partial charge < -0.3 is 20.5 Å². The molecule has 122 valence electrons. The number of rotatable bonds is 6. The molecule has 0 bridgehead atoms. The largest absolute Gasteiger partial charge is 0.493 e. The van der Waals surface area contributed by atoms with E-state index in [1.807, 2.05) is 6.92 Å². The molecule has 0 saturated carbocycles. The van der Waals surface area contributed by atoms with Crippen molar-refractivity contribution in [1.29, 1.82) is 0 Å². The second-order valence-electron chi connectivity index (χ2n) is 4.76. The predicted molar refractivity (Wildman–Crippen MR) is 90.4 cm³/mol. The molecule has 0 aliphatic carbocycles. The zero-order valence-corrected chi connectivity index (χ0v) is 13.7. The van der Waals surface area contributed by atoms with Gasteiger partial charge in [0.05, 0.1) is 30.6 Å². The highest BCUT2D eigenvalue weighted by Gasteiger charge is 2.16. The minimum absolute atomic E-state index is 0.318. The summed E-state index contributed by atoms with van der Waals surface area (Å²) in [7, 11) is 1.50. The summed E-state index contributed by atoms with van der Waals surface area (Å²) in [6, 6.07) is 6.38. The van der Waals surface area contributed by atoms with Crippen molar-refractivity contribution in [2.45, 2.75) is 13.3 Å². The zero-order valence-electron chi connectivity index (χ0n) is 12.9. The number of hydrogen-bond donors (Lipinski definition) is 2. The summed E-state index contributed by atoms with van der Waals surface area (Å²) in [5.74, 6) is 0.886. The van der Waals surface area contributed by atoms with Crippen LogP contribution in [0.3, 0.4) is 0 Å². The van der Waals surface area contributed by atoms with Crippen molar-refractivity contribution in [3.63, 3.8) is 0 Å². The number of amides is 1. The Hall–Kier alpha value is -2.47. The van der Waals surface area contributed by atoms with E-state index in [-0.39, 0.29) is 5.91 Å². The molecule has 0 radical (unpaired) electrons. The quantitative estimate of drug-likeness (QED) is 0.845. The van der Waals surface area contributed by atoms with Gasteiger partial charge in [0.1, 0.15) is 5.82 Å². The number of methoxy groups -OCH3 is 1. The lowest BCUT2D eigenvalue weighted by atomic mass is 10.2. The van der Waals surface area contributed by atoms with Crippen molar-refractivity contribution in [3.8, 4) is 11.5 Å². The van der Waals surface area contributed by atoms with Gasteiger partial charge in [-0.1, -0.05) is 18.5 Å². The van der Waals surface area contributed by atoms with Crippen LogP contribution in [-0.4, -0.2) is 24.6 Å². The number of carbonyl (C=O) groups excluding carboxylic acids is 1. The SMILES string of the molecule is CCCOc1c(Cl)cc(C(=O)Nc2ccc(N)nc2)cc1OC. The van der Waals surface area contributed by atoms with Crippen LogP contribution in [0.5, 0.6) is 11.5 Å². The molecule has 1 amide bonds. The first kappa shape index (κ1) is 16.9. The molecular formula is C16H18ClN3O3. The standard InChI is InChI=1S/C16H18ClN3O3/c1-3-6-23-15-12(17)7-10(8-13(15)22-2)16(21)20-11-4-5-14(18)19-9-11/h4-5,7-9H,3,6H2,1-2H3,(H2,18,19)(H,20,21). The minimum Gasteiger partial charge on any atom is -0.493 e. The first-order valence-electron chi connectivity index (χ1n) is 7.08. The molecule has 1 heterocycles. The van der Waals surface area contributed by atoms with Gasteiger partial charge in [0, 0.05) is 5.56 Å². The smallest absolute Gasteiger partial charge is 0.255 e. The van der Waals surface area contributed by atoms with E-state index in [4.69, 9.17) is 26.8 Å². The molecule has 0 aliphatic rings. The Labute approximate surface area is 139 Å². The third-order valence-electron chi connectivity index (χ3n) is 2.99. The molecule has 23 heavy (non-hydrogen) atoms. The number of halogens is 1. The predicted octanol–water partition coefficient (Wildman–Crippen LogP) is 3.37. The van der Waals surface area contributed by atoms with Gasteiger partial charge in [-0.2, -0.15) is 0 Å². The molecule has 1 aromatic carbocycles. The Balaban J connectivity index is 2.23. The van der Waals surface area contributed by atoms with E-state index in [1.54, 1.807) is 18.2 Å². The lowest BCUT2D eigenvalue weighted by Gasteiger charge is -2.13. The molecule has 0 fully saturated rings. The van der Waals surface area contributed by atoms with Gasteiger partial charge in [-0.05, 0) is 30.7 Å². The summed E-state index contributed by atoms with van der Waals surface area (Å²) >= 11 is 6.20. The summed E-state index contributed by atoms with van der Waals surface area (Å²) in [5, 5.41) is 3.03. The van der Waals surface area contributed by atoms with Gasteiger partial charge in [-0.3, -0.25) is 4.79 Å². The Kier molecular flexibility index (Phi) is 5.65. The number of anilines is 2. The summed E-state index contributed by atoms with van der Waals surface area (Å²) in [5.41, 5.74) is 6.40. The molecule has 0 atom stereocenters. The van der Waals surface area contributed by atoms with Crippen LogP contribution in [0.15, 0.2) is 30.5 Å². The maximum absolute atomic E-state index is 12.3. The topological polar surface area (TPSA) is 86.5 Å². The lowest BCUT2D eigenvalue weighted by Crippen LogP contribution is -2.13. The molecular weight excluding hydrogens is 318 g/mol. The number of pyridine rings is 1. The fraction of sp³-hybridized carbons (Fsp3) is 0.250. The number of nitrogens with zero attached hydrogens (tertiary/aromatic N) is 1. The van der Waals surface area contributed by atoms with Crippen molar-refractivity contribution >= 4 is 29.0 Å². The number of nitrogens with two attached hydrogens (primary N) is 1. The second kappa shape index (κ2) is 7.69. The summed E-state index contributed by atoms with van der Waals surface area (Å²) in [6.07, 6.45) is 2.32. The summed E-state index contributed by atoms with van der Waals surface area (Å²) < 4.78 is 10.8. The van der Waals surface area contributed by atoms with Crippen molar-refractivity contribution < 1.29 is 14.3 Å². The molecule has 0 spiro atoms. The molecule has 7 heteroatoms. The third kappa shape index (κ3) is 4.26. The average Bonchev–Trinajstić information content (AvgIpc) is 2.55. The van der Waals surface area contributed by atoms with E-state index in [1.165, 1.54) is 19.4 Å². The van der Waals surface area contributed by atoms with Gasteiger partial charge in [0.15, 0.2) is 11.5 Å². The van der Waals surface area contributed by atoms with Gasteiger partial charge in [-0.15, -0.1) is 0 Å². The van der Waals surface area contributed by atoms with Gasteiger partial charge in [0.2, 0.25) is 0 Å². The highest BCUT2D eigenvalue weighted by molar-refractivity contribution is 6.32. The molecule has 0 unspecified atom stereocenters. The number of hydrogen-bond acceptors (Lipinski definition) is 5. The van der Waals surface area contributed by atoms with E-state index < -0.39 is 0 Å².